The number of fused-ring (bicyclic) bond motifs is 1. The topological polar surface area (TPSA) is 113 Å². The summed E-state index contributed by atoms with van der Waals surface area (Å²) < 4.78 is 7.23. The Morgan fingerprint density at radius 3 is 2.56 bits per heavy atom. The maximum atomic E-state index is 13.2. The van der Waals surface area contributed by atoms with Crippen LogP contribution in [-0.2, 0) is 9.53 Å². The SMILES string of the molecule is CCCCCCN(CCN1CCOCC1)C(=O)CSc1nnc2nc(NCC)nc(NCC)n12. The zero-order valence-corrected chi connectivity index (χ0v) is 21.6. The van der Waals surface area contributed by atoms with Crippen molar-refractivity contribution in [3.63, 3.8) is 0 Å². The Kier molecular flexibility index (Phi) is 11.1. The summed E-state index contributed by atoms with van der Waals surface area (Å²) in [5, 5.41) is 15.5. The molecule has 0 saturated carbocycles. The van der Waals surface area contributed by atoms with Crippen LogP contribution in [0.3, 0.4) is 0 Å². The van der Waals surface area contributed by atoms with Gasteiger partial charge in [-0.3, -0.25) is 9.69 Å². The Morgan fingerprint density at radius 1 is 1.03 bits per heavy atom. The summed E-state index contributed by atoms with van der Waals surface area (Å²) in [7, 11) is 0. The Hall–Kier alpha value is -2.18. The van der Waals surface area contributed by atoms with E-state index in [0.29, 0.717) is 41.7 Å². The smallest absolute Gasteiger partial charge is 0.261 e. The van der Waals surface area contributed by atoms with Crippen molar-refractivity contribution >= 4 is 35.3 Å². The second-order valence-electron chi connectivity index (χ2n) is 8.23. The highest BCUT2D eigenvalue weighted by Crippen LogP contribution is 2.21. The lowest BCUT2D eigenvalue weighted by Crippen LogP contribution is -2.43. The molecule has 11 nitrogen and oxygen atoms in total. The van der Waals surface area contributed by atoms with Crippen LogP contribution in [0.15, 0.2) is 5.16 Å². The third-order valence-electron chi connectivity index (χ3n) is 5.66. The van der Waals surface area contributed by atoms with Crippen LogP contribution < -0.4 is 10.6 Å². The number of morpholine rings is 1. The second kappa shape index (κ2) is 14.3. The molecule has 0 aromatic carbocycles. The van der Waals surface area contributed by atoms with E-state index in [9.17, 15) is 4.79 Å². The van der Waals surface area contributed by atoms with E-state index < -0.39 is 0 Å². The molecule has 0 atom stereocenters. The molecule has 0 aliphatic carbocycles. The number of aromatic nitrogens is 5. The molecule has 190 valence electrons. The number of amides is 1. The van der Waals surface area contributed by atoms with Crippen molar-refractivity contribution in [2.45, 2.75) is 51.6 Å². The van der Waals surface area contributed by atoms with Crippen LogP contribution in [0.25, 0.3) is 5.78 Å². The van der Waals surface area contributed by atoms with Crippen molar-refractivity contribution in [1.29, 1.82) is 0 Å². The average Bonchev–Trinajstić information content (AvgIpc) is 3.26. The minimum Gasteiger partial charge on any atom is -0.379 e. The van der Waals surface area contributed by atoms with Crippen molar-refractivity contribution in [2.24, 2.45) is 0 Å². The normalized spacial score (nSPS) is 14.4. The van der Waals surface area contributed by atoms with Gasteiger partial charge in [-0.15, -0.1) is 10.2 Å². The lowest BCUT2D eigenvalue weighted by Gasteiger charge is -2.30. The Bertz CT molecular complexity index is 889. The van der Waals surface area contributed by atoms with Gasteiger partial charge in [-0.05, 0) is 20.3 Å². The first kappa shape index (κ1) is 26.4. The summed E-state index contributed by atoms with van der Waals surface area (Å²) in [5.74, 6) is 2.01. The molecule has 1 saturated heterocycles. The number of nitrogens with zero attached hydrogens (tertiary/aromatic N) is 7. The Balaban J connectivity index is 1.65. The van der Waals surface area contributed by atoms with Crippen LogP contribution in [0, 0.1) is 0 Å². The van der Waals surface area contributed by atoms with Gasteiger partial charge >= 0.3 is 0 Å². The number of hydrogen-bond acceptors (Lipinski definition) is 10. The molecular weight excluding hydrogens is 454 g/mol. The summed E-state index contributed by atoms with van der Waals surface area (Å²) in [6, 6.07) is 0. The number of carbonyl (C=O) groups excluding carboxylic acids is 1. The van der Waals surface area contributed by atoms with Crippen LogP contribution in [0.1, 0.15) is 46.5 Å². The van der Waals surface area contributed by atoms with Gasteiger partial charge in [0.25, 0.3) is 5.78 Å². The van der Waals surface area contributed by atoms with Crippen LogP contribution in [-0.4, -0.2) is 105 Å². The lowest BCUT2D eigenvalue weighted by atomic mass is 10.2. The van der Waals surface area contributed by atoms with E-state index in [-0.39, 0.29) is 5.91 Å². The largest absolute Gasteiger partial charge is 0.379 e. The van der Waals surface area contributed by atoms with E-state index in [4.69, 9.17) is 4.74 Å². The zero-order valence-electron chi connectivity index (χ0n) is 20.8. The molecule has 34 heavy (non-hydrogen) atoms. The zero-order chi connectivity index (χ0) is 24.2. The first-order valence-electron chi connectivity index (χ1n) is 12.5. The first-order chi connectivity index (χ1) is 16.7. The molecule has 1 fully saturated rings. The van der Waals surface area contributed by atoms with Crippen molar-refractivity contribution in [3.05, 3.63) is 0 Å². The highest BCUT2D eigenvalue weighted by Gasteiger charge is 2.20. The predicted molar refractivity (Wildman–Crippen MR) is 136 cm³/mol. The summed E-state index contributed by atoms with van der Waals surface area (Å²) in [6.45, 7) is 13.4. The number of anilines is 2. The summed E-state index contributed by atoms with van der Waals surface area (Å²) in [5.41, 5.74) is 0. The third-order valence-corrected chi connectivity index (χ3v) is 6.58. The second-order valence-corrected chi connectivity index (χ2v) is 9.18. The monoisotopic (exact) mass is 493 g/mol. The molecule has 2 aromatic rings. The van der Waals surface area contributed by atoms with Crippen molar-refractivity contribution in [2.75, 3.05) is 75.4 Å². The van der Waals surface area contributed by atoms with Gasteiger partial charge < -0.3 is 20.3 Å². The number of ether oxygens (including phenoxy) is 1. The third kappa shape index (κ3) is 7.67. The molecule has 2 N–H and O–H groups in total. The van der Waals surface area contributed by atoms with Gasteiger partial charge in [0.05, 0.1) is 19.0 Å². The highest BCUT2D eigenvalue weighted by atomic mass is 32.2. The summed E-state index contributed by atoms with van der Waals surface area (Å²) in [6.07, 6.45) is 4.57. The van der Waals surface area contributed by atoms with Crippen LogP contribution in [0.2, 0.25) is 0 Å². The number of carbonyl (C=O) groups is 1. The van der Waals surface area contributed by atoms with Gasteiger partial charge in [0.2, 0.25) is 17.8 Å². The van der Waals surface area contributed by atoms with Gasteiger partial charge in [-0.25, -0.2) is 4.40 Å². The molecule has 1 aliphatic rings. The van der Waals surface area contributed by atoms with Crippen LogP contribution in [0.5, 0.6) is 0 Å². The fourth-order valence-electron chi connectivity index (χ4n) is 3.79. The molecule has 12 heteroatoms. The minimum absolute atomic E-state index is 0.127. The molecule has 2 aromatic heterocycles. The van der Waals surface area contributed by atoms with Crippen molar-refractivity contribution in [3.8, 4) is 0 Å². The van der Waals surface area contributed by atoms with Crippen LogP contribution >= 0.6 is 11.8 Å². The van der Waals surface area contributed by atoms with E-state index in [1.807, 2.05) is 18.7 Å². The predicted octanol–water partition coefficient (Wildman–Crippen LogP) is 2.22. The van der Waals surface area contributed by atoms with E-state index >= 15 is 0 Å². The van der Waals surface area contributed by atoms with Crippen LogP contribution in [0.4, 0.5) is 11.9 Å². The van der Waals surface area contributed by atoms with Gasteiger partial charge in [0.15, 0.2) is 5.16 Å². The van der Waals surface area contributed by atoms with E-state index in [0.717, 1.165) is 58.8 Å². The number of rotatable bonds is 15. The first-order valence-corrected chi connectivity index (χ1v) is 13.5. The van der Waals surface area contributed by atoms with E-state index in [1.165, 1.54) is 24.6 Å². The number of unbranched alkanes of at least 4 members (excludes halogenated alkanes) is 3. The number of thioether (sulfide) groups is 1. The molecule has 0 radical (unpaired) electrons. The fraction of sp³-hybridized carbons (Fsp3) is 0.773. The number of nitrogens with one attached hydrogen (secondary N) is 2. The van der Waals surface area contributed by atoms with Crippen molar-refractivity contribution in [1.82, 2.24) is 34.4 Å². The molecule has 3 rings (SSSR count). The maximum Gasteiger partial charge on any atom is 0.261 e. The minimum atomic E-state index is 0.127. The molecular formula is C22H39N9O2S. The van der Waals surface area contributed by atoms with E-state index in [1.54, 1.807) is 4.40 Å². The van der Waals surface area contributed by atoms with Gasteiger partial charge in [-0.1, -0.05) is 37.9 Å². The maximum absolute atomic E-state index is 13.2. The molecule has 1 aliphatic heterocycles. The van der Waals surface area contributed by atoms with E-state index in [2.05, 4.69) is 42.6 Å². The van der Waals surface area contributed by atoms with Gasteiger partial charge in [0, 0.05) is 45.8 Å². The highest BCUT2D eigenvalue weighted by molar-refractivity contribution is 7.99. The molecule has 0 unspecified atom stereocenters. The summed E-state index contributed by atoms with van der Waals surface area (Å²) >= 11 is 1.38. The fourth-order valence-corrected chi connectivity index (χ4v) is 4.62. The molecule has 0 spiro atoms. The number of hydrogen-bond donors (Lipinski definition) is 2. The molecule has 3 heterocycles. The molecule has 0 bridgehead atoms. The Labute approximate surface area is 206 Å². The summed E-state index contributed by atoms with van der Waals surface area (Å²) in [4.78, 5) is 26.6. The van der Waals surface area contributed by atoms with Gasteiger partial charge in [0.1, 0.15) is 0 Å². The van der Waals surface area contributed by atoms with Gasteiger partial charge in [-0.2, -0.15) is 9.97 Å². The lowest BCUT2D eigenvalue weighted by molar-refractivity contribution is -0.128. The quantitative estimate of drug-likeness (QED) is 0.283. The van der Waals surface area contributed by atoms with Crippen molar-refractivity contribution < 1.29 is 9.53 Å². The Morgan fingerprint density at radius 2 is 1.82 bits per heavy atom. The molecule has 1 amide bonds. The average molecular weight is 494 g/mol. The standard InChI is InChI=1S/C22H39N9O2S/c1-4-7-8-9-10-30(12-11-29-13-15-33-16-14-29)18(32)17-34-22-28-27-21-26-19(23-5-2)25-20(24-6-3)31(21)22/h4-17H2,1-3H3,(H2,23,24,25,26,27).